The second kappa shape index (κ2) is 3.52. The number of furan rings is 2. The van der Waals surface area contributed by atoms with Crippen LogP contribution >= 0.6 is 0 Å². The van der Waals surface area contributed by atoms with Gasteiger partial charge in [0.2, 0.25) is 5.76 Å². The summed E-state index contributed by atoms with van der Waals surface area (Å²) in [5.74, 6) is -0.245. The SMILES string of the molecule is O=C(O)c1ccc(-c2cc3ccccc3o2)o1. The highest BCUT2D eigenvalue weighted by molar-refractivity contribution is 5.86. The minimum atomic E-state index is -1.09. The molecule has 0 bridgehead atoms. The number of rotatable bonds is 2. The molecule has 0 atom stereocenters. The van der Waals surface area contributed by atoms with Crippen LogP contribution in [0.25, 0.3) is 22.5 Å². The molecule has 0 aliphatic heterocycles. The Morgan fingerprint density at radius 1 is 1.00 bits per heavy atom. The third-order valence-electron chi connectivity index (χ3n) is 2.49. The van der Waals surface area contributed by atoms with Gasteiger partial charge in [0, 0.05) is 5.39 Å². The standard InChI is InChI=1S/C13H8O4/c14-13(15)11-6-5-10(17-11)12-7-8-3-1-2-4-9(8)16-12/h1-7H,(H,14,15). The van der Waals surface area contributed by atoms with E-state index in [0.717, 1.165) is 11.0 Å². The first-order valence-electron chi connectivity index (χ1n) is 5.06. The number of hydrogen-bond acceptors (Lipinski definition) is 3. The maximum absolute atomic E-state index is 10.7. The average molecular weight is 228 g/mol. The van der Waals surface area contributed by atoms with E-state index in [-0.39, 0.29) is 5.76 Å². The van der Waals surface area contributed by atoms with Crippen LogP contribution in [0.4, 0.5) is 0 Å². The fourth-order valence-electron chi connectivity index (χ4n) is 1.69. The smallest absolute Gasteiger partial charge is 0.371 e. The van der Waals surface area contributed by atoms with E-state index in [9.17, 15) is 4.79 Å². The van der Waals surface area contributed by atoms with Crippen LogP contribution in [-0.2, 0) is 0 Å². The zero-order valence-electron chi connectivity index (χ0n) is 8.71. The number of hydrogen-bond donors (Lipinski definition) is 1. The number of carboxylic acid groups (broad SMARTS) is 1. The summed E-state index contributed by atoms with van der Waals surface area (Å²) < 4.78 is 10.7. The molecule has 3 rings (SSSR count). The summed E-state index contributed by atoms with van der Waals surface area (Å²) in [6.07, 6.45) is 0. The van der Waals surface area contributed by atoms with Crippen LogP contribution in [0.2, 0.25) is 0 Å². The fraction of sp³-hybridized carbons (Fsp3) is 0. The maximum Gasteiger partial charge on any atom is 0.371 e. The van der Waals surface area contributed by atoms with Gasteiger partial charge in [-0.25, -0.2) is 4.79 Å². The first-order chi connectivity index (χ1) is 8.24. The van der Waals surface area contributed by atoms with E-state index >= 15 is 0 Å². The molecule has 17 heavy (non-hydrogen) atoms. The number of carbonyl (C=O) groups is 1. The van der Waals surface area contributed by atoms with Gasteiger partial charge in [0.1, 0.15) is 5.58 Å². The summed E-state index contributed by atoms with van der Waals surface area (Å²) in [5, 5.41) is 9.71. The van der Waals surface area contributed by atoms with Gasteiger partial charge >= 0.3 is 5.97 Å². The lowest BCUT2D eigenvalue weighted by atomic mass is 10.2. The summed E-state index contributed by atoms with van der Waals surface area (Å²) in [6.45, 7) is 0. The lowest BCUT2D eigenvalue weighted by Gasteiger charge is -1.89. The van der Waals surface area contributed by atoms with Gasteiger partial charge in [-0.1, -0.05) is 18.2 Å². The van der Waals surface area contributed by atoms with Crippen molar-refractivity contribution in [2.24, 2.45) is 0 Å². The van der Waals surface area contributed by atoms with Gasteiger partial charge < -0.3 is 13.9 Å². The van der Waals surface area contributed by atoms with Gasteiger partial charge in [-0.05, 0) is 24.3 Å². The predicted octanol–water partition coefficient (Wildman–Crippen LogP) is 3.39. The Kier molecular flexibility index (Phi) is 2.01. The summed E-state index contributed by atoms with van der Waals surface area (Å²) in [6, 6.07) is 12.4. The normalized spacial score (nSPS) is 10.8. The van der Waals surface area contributed by atoms with Gasteiger partial charge in [-0.2, -0.15) is 0 Å². The molecule has 0 aliphatic carbocycles. The molecule has 0 saturated carbocycles. The monoisotopic (exact) mass is 228 g/mol. The Hall–Kier alpha value is -2.49. The van der Waals surface area contributed by atoms with E-state index < -0.39 is 5.97 Å². The summed E-state index contributed by atoms with van der Waals surface area (Å²) in [7, 11) is 0. The highest BCUT2D eigenvalue weighted by Crippen LogP contribution is 2.28. The quantitative estimate of drug-likeness (QED) is 0.730. The summed E-state index contributed by atoms with van der Waals surface area (Å²) in [4.78, 5) is 10.7. The Morgan fingerprint density at radius 3 is 2.53 bits per heavy atom. The zero-order valence-corrected chi connectivity index (χ0v) is 8.71. The molecule has 4 nitrogen and oxygen atoms in total. The van der Waals surface area contributed by atoms with Gasteiger partial charge in [0.05, 0.1) is 0 Å². The van der Waals surface area contributed by atoms with Crippen LogP contribution < -0.4 is 0 Å². The van der Waals surface area contributed by atoms with E-state index in [0.29, 0.717) is 11.5 Å². The van der Waals surface area contributed by atoms with Crippen molar-refractivity contribution in [3.8, 4) is 11.5 Å². The van der Waals surface area contributed by atoms with E-state index in [2.05, 4.69) is 0 Å². The lowest BCUT2D eigenvalue weighted by Crippen LogP contribution is -1.91. The summed E-state index contributed by atoms with van der Waals surface area (Å²) >= 11 is 0. The molecule has 84 valence electrons. The highest BCUT2D eigenvalue weighted by atomic mass is 16.4. The number of aromatic carboxylic acids is 1. The first kappa shape index (κ1) is 9.72. The lowest BCUT2D eigenvalue weighted by molar-refractivity contribution is 0.0663. The van der Waals surface area contributed by atoms with Crippen molar-refractivity contribution in [2.45, 2.75) is 0 Å². The van der Waals surface area contributed by atoms with E-state index in [1.807, 2.05) is 30.3 Å². The number of benzene rings is 1. The molecular weight excluding hydrogens is 220 g/mol. The van der Waals surface area contributed by atoms with Crippen LogP contribution in [0.15, 0.2) is 51.3 Å². The molecule has 4 heteroatoms. The third kappa shape index (κ3) is 1.59. The molecule has 0 amide bonds. The molecule has 0 saturated heterocycles. The topological polar surface area (TPSA) is 63.6 Å². The molecule has 0 spiro atoms. The third-order valence-corrected chi connectivity index (χ3v) is 2.49. The Bertz CT molecular complexity index is 657. The van der Waals surface area contributed by atoms with E-state index in [1.165, 1.54) is 6.07 Å². The molecule has 1 aromatic carbocycles. The van der Waals surface area contributed by atoms with Gasteiger partial charge in [-0.3, -0.25) is 0 Å². The van der Waals surface area contributed by atoms with Crippen molar-refractivity contribution in [1.29, 1.82) is 0 Å². The van der Waals surface area contributed by atoms with Crippen LogP contribution in [0.1, 0.15) is 10.6 Å². The molecule has 0 fully saturated rings. The molecular formula is C13H8O4. The Morgan fingerprint density at radius 2 is 1.82 bits per heavy atom. The minimum absolute atomic E-state index is 0.0968. The van der Waals surface area contributed by atoms with E-state index in [1.54, 1.807) is 6.07 Å². The number of para-hydroxylation sites is 1. The molecule has 0 radical (unpaired) electrons. The van der Waals surface area contributed by atoms with E-state index in [4.69, 9.17) is 13.9 Å². The molecule has 0 unspecified atom stereocenters. The van der Waals surface area contributed by atoms with Crippen molar-refractivity contribution in [1.82, 2.24) is 0 Å². The van der Waals surface area contributed by atoms with Gasteiger partial charge in [0.25, 0.3) is 0 Å². The van der Waals surface area contributed by atoms with Crippen LogP contribution in [0, 0.1) is 0 Å². The second-order valence-corrected chi connectivity index (χ2v) is 3.62. The minimum Gasteiger partial charge on any atom is -0.475 e. The largest absolute Gasteiger partial charge is 0.475 e. The second-order valence-electron chi connectivity index (χ2n) is 3.62. The van der Waals surface area contributed by atoms with Crippen molar-refractivity contribution >= 4 is 16.9 Å². The number of carboxylic acids is 1. The Balaban J connectivity index is 2.10. The van der Waals surface area contributed by atoms with Crippen molar-refractivity contribution < 1.29 is 18.7 Å². The molecule has 2 heterocycles. The number of fused-ring (bicyclic) bond motifs is 1. The Labute approximate surface area is 96.1 Å². The molecule has 2 aromatic heterocycles. The summed E-state index contributed by atoms with van der Waals surface area (Å²) in [5.41, 5.74) is 0.746. The molecule has 1 N–H and O–H groups in total. The van der Waals surface area contributed by atoms with Crippen LogP contribution in [-0.4, -0.2) is 11.1 Å². The molecule has 0 aliphatic rings. The highest BCUT2D eigenvalue weighted by Gasteiger charge is 2.13. The van der Waals surface area contributed by atoms with Crippen molar-refractivity contribution in [3.63, 3.8) is 0 Å². The van der Waals surface area contributed by atoms with Crippen molar-refractivity contribution in [3.05, 3.63) is 48.2 Å². The van der Waals surface area contributed by atoms with Gasteiger partial charge in [0.15, 0.2) is 11.5 Å². The first-order valence-corrected chi connectivity index (χ1v) is 5.06. The predicted molar refractivity (Wildman–Crippen MR) is 60.9 cm³/mol. The van der Waals surface area contributed by atoms with Crippen molar-refractivity contribution in [2.75, 3.05) is 0 Å². The maximum atomic E-state index is 10.7. The van der Waals surface area contributed by atoms with Crippen LogP contribution in [0.5, 0.6) is 0 Å². The zero-order chi connectivity index (χ0) is 11.8. The fourth-order valence-corrected chi connectivity index (χ4v) is 1.69. The molecule has 3 aromatic rings. The van der Waals surface area contributed by atoms with Gasteiger partial charge in [-0.15, -0.1) is 0 Å². The average Bonchev–Trinajstić information content (AvgIpc) is 2.95. The van der Waals surface area contributed by atoms with Crippen LogP contribution in [0.3, 0.4) is 0 Å².